The van der Waals surface area contributed by atoms with Crippen molar-refractivity contribution in [2.24, 2.45) is 0 Å². The third kappa shape index (κ3) is 0. The van der Waals surface area contributed by atoms with E-state index in [9.17, 15) is 0 Å². The van der Waals surface area contributed by atoms with E-state index in [0.717, 1.165) is 0 Å². The van der Waals surface area contributed by atoms with Crippen LogP contribution < -0.4 is 0 Å². The summed E-state index contributed by atoms with van der Waals surface area (Å²) in [5.41, 5.74) is 0. The molecule has 0 amide bonds. The summed E-state index contributed by atoms with van der Waals surface area (Å²) in [6, 6.07) is 0. The van der Waals surface area contributed by atoms with Gasteiger partial charge in [-0.2, -0.15) is 0 Å². The Labute approximate surface area is 45.6 Å². The second-order valence-corrected chi connectivity index (χ2v) is 0. The lowest BCUT2D eigenvalue weighted by Crippen LogP contribution is 0.143. The molecular formula is C6H24. The first-order valence-corrected chi connectivity index (χ1v) is 0. The average molecular weight is 96.3 g/mol. The van der Waals surface area contributed by atoms with Crippen LogP contribution in [0.3, 0.4) is 0 Å². The lowest BCUT2D eigenvalue weighted by molar-refractivity contribution is 2.50. The van der Waals surface area contributed by atoms with Gasteiger partial charge in [0, 0.05) is 0 Å². The Morgan fingerprint density at radius 2 is 0.167 bits per heavy atom. The molecule has 0 rings (SSSR count). The lowest BCUT2D eigenvalue weighted by atomic mass is 12.0. The van der Waals surface area contributed by atoms with Gasteiger partial charge in [0.1, 0.15) is 0 Å². The molecule has 0 aliphatic heterocycles. The summed E-state index contributed by atoms with van der Waals surface area (Å²) in [4.78, 5) is 0. The normalized spacial score (nSPS) is 0. The largest absolute Gasteiger partial charge is 0.0776 e. The number of hydrogen-bond donors (Lipinski definition) is 0. The first-order chi connectivity index (χ1) is 0. The van der Waals surface area contributed by atoms with Crippen LogP contribution in [0.4, 0.5) is 0 Å². The summed E-state index contributed by atoms with van der Waals surface area (Å²) in [6.07, 6.45) is 0. The third-order valence-corrected chi connectivity index (χ3v) is 0. The highest BCUT2D eigenvalue weighted by molar-refractivity contribution is 2.51. The first kappa shape index (κ1) is 0. The van der Waals surface area contributed by atoms with Gasteiger partial charge < -0.3 is 0 Å². The van der Waals surface area contributed by atoms with Crippen LogP contribution in [-0.4, -0.2) is 0 Å². The number of hydrogen-bond acceptors (Lipinski definition) is 0. The van der Waals surface area contributed by atoms with Crippen molar-refractivity contribution in [2.45, 2.75) is 44.6 Å². The van der Waals surface area contributed by atoms with E-state index in [-0.39, 0.29) is 44.6 Å². The van der Waals surface area contributed by atoms with Gasteiger partial charge in [-0.25, -0.2) is 0 Å². The van der Waals surface area contributed by atoms with Crippen LogP contribution in [0.5, 0.6) is 0 Å². The van der Waals surface area contributed by atoms with Gasteiger partial charge >= 0.3 is 0 Å². The molecule has 0 atom stereocenters. The van der Waals surface area contributed by atoms with E-state index in [1.165, 1.54) is 0 Å². The van der Waals surface area contributed by atoms with Crippen molar-refractivity contribution in [3.63, 3.8) is 0 Å². The highest BCUT2D eigenvalue weighted by Crippen LogP contribution is 0.149. The van der Waals surface area contributed by atoms with Gasteiger partial charge in [0.05, 0.1) is 0 Å². The summed E-state index contributed by atoms with van der Waals surface area (Å²) >= 11 is 0. The van der Waals surface area contributed by atoms with E-state index in [4.69, 9.17) is 0 Å². The zero-order valence-electron chi connectivity index (χ0n) is 0. The maximum Gasteiger partial charge on any atom is -0.0776 e. The van der Waals surface area contributed by atoms with Crippen LogP contribution in [0.2, 0.25) is 0 Å². The van der Waals surface area contributed by atoms with Gasteiger partial charge in [-0.05, 0) is 0 Å². The van der Waals surface area contributed by atoms with Crippen molar-refractivity contribution in [2.75, 3.05) is 0 Å². The van der Waals surface area contributed by atoms with Gasteiger partial charge in [0.15, 0.2) is 0 Å². The van der Waals surface area contributed by atoms with Gasteiger partial charge in [0.25, 0.3) is 0 Å². The molecule has 0 aromatic rings. The topological polar surface area (TPSA) is 0 Å². The standard InChI is InChI=1S/6CH4/h6*1H4. The summed E-state index contributed by atoms with van der Waals surface area (Å²) in [5.74, 6) is 0. The smallest absolute Gasteiger partial charge is 0.0776 e. The maximum absolute atomic E-state index is 0. The first-order valence-electron chi connectivity index (χ1n) is 0. The van der Waals surface area contributed by atoms with Crippen LogP contribution in [0.25, 0.3) is 0 Å². The fourth-order valence-electron chi connectivity index (χ4n) is 0. The van der Waals surface area contributed by atoms with Crippen molar-refractivity contribution in [1.82, 2.24) is 0 Å². The Kier molecular flexibility index (Phi) is 0. The highest BCUT2D eigenvalue weighted by atomic mass is 12.0. The van der Waals surface area contributed by atoms with Crippen LogP contribution in [0, 0.1) is 0 Å². The molecule has 0 unspecified atom stereocenters. The molecule has 0 aliphatic rings. The van der Waals surface area contributed by atoms with Gasteiger partial charge in [-0.3, -0.25) is 0 Å². The van der Waals surface area contributed by atoms with E-state index in [1.54, 1.807) is 0 Å². The molecule has 0 heterocycles. The molecular weight excluding hydrogens is 72.1 g/mol. The van der Waals surface area contributed by atoms with Gasteiger partial charge in [-0.1, -0.05) is 44.6 Å². The molecule has 6 heavy (non-hydrogen) atoms. The SMILES string of the molecule is C.C.C.C.C.C. The van der Waals surface area contributed by atoms with E-state index in [2.05, 4.69) is 0 Å². The minimum absolute atomic E-state index is 0. The zero-order chi connectivity index (χ0) is 0. The molecule has 0 saturated carbocycles. The minimum Gasteiger partial charge on any atom is -0.0776 e. The summed E-state index contributed by atoms with van der Waals surface area (Å²) in [6.45, 7) is 0. The molecule has 0 saturated heterocycles. The molecule has 0 N–H and O–H groups in total. The van der Waals surface area contributed by atoms with Crippen molar-refractivity contribution in [3.05, 3.63) is 0 Å². The molecule has 0 aromatic carbocycles. The molecule has 0 bridgehead atoms. The minimum atomic E-state index is 0. The third-order valence-electron chi connectivity index (χ3n) is 0. The van der Waals surface area contributed by atoms with Crippen molar-refractivity contribution in [1.29, 1.82) is 0 Å². The molecule has 0 nitrogen and oxygen atoms in total. The average Bonchev–Trinajstić information content (AvgIpc) is 0. The van der Waals surface area contributed by atoms with Crippen LogP contribution in [0.1, 0.15) is 44.6 Å². The highest BCUT2D eigenvalue weighted by Gasteiger charge is -0.0726. The summed E-state index contributed by atoms with van der Waals surface area (Å²) < 4.78 is 0. The van der Waals surface area contributed by atoms with Gasteiger partial charge in [-0.15, -0.1) is 0 Å². The summed E-state index contributed by atoms with van der Waals surface area (Å²) in [5, 5.41) is 0. The fourth-order valence-corrected chi connectivity index (χ4v) is 0. The fraction of sp³-hybridized carbons (Fsp3) is 1.00. The van der Waals surface area contributed by atoms with Crippen molar-refractivity contribution >= 4 is 0 Å². The molecule has 0 aromatic heterocycles. The van der Waals surface area contributed by atoms with E-state index in [0.29, 0.717) is 0 Å². The zero-order valence-corrected chi connectivity index (χ0v) is 0. The van der Waals surface area contributed by atoms with Crippen molar-refractivity contribution in [3.8, 4) is 0 Å². The molecule has 48 valence electrons. The second kappa shape index (κ2) is 0. The Balaban J connectivity index is 0. The van der Waals surface area contributed by atoms with Crippen LogP contribution in [0.15, 0.2) is 0 Å². The Morgan fingerprint density at radius 3 is 0.167 bits per heavy atom. The van der Waals surface area contributed by atoms with Crippen LogP contribution in [-0.2, 0) is 0 Å². The van der Waals surface area contributed by atoms with Crippen molar-refractivity contribution < 1.29 is 0 Å². The molecule has 0 spiro atoms. The quantitative estimate of drug-likeness (QED) is 0.430. The summed E-state index contributed by atoms with van der Waals surface area (Å²) in [7, 11) is 0. The molecule has 0 radical (unpaired) electrons. The predicted octanol–water partition coefficient (Wildman–Crippen LogP) is 3.82. The monoisotopic (exact) mass is 96.2 g/mol. The lowest BCUT2D eigenvalue weighted by Gasteiger charge is -0.0786. The maximum atomic E-state index is 0. The van der Waals surface area contributed by atoms with E-state index in [1.807, 2.05) is 0 Å². The Hall–Kier alpha value is 0. The van der Waals surface area contributed by atoms with E-state index >= 15 is 0 Å². The molecule has 0 heteroatoms. The van der Waals surface area contributed by atoms with Crippen LogP contribution >= 0.6 is 0 Å². The Morgan fingerprint density at radius 1 is 0.167 bits per heavy atom. The second-order valence-electron chi connectivity index (χ2n) is 0. The predicted molar refractivity (Wildman–Crippen MR) is 40.4 cm³/mol. The number of rotatable bonds is 0. The van der Waals surface area contributed by atoms with Gasteiger partial charge in [0.2, 0.25) is 0 Å². The molecule has 0 fully saturated rings. The Bertz CT molecular complexity index is 0. The molecule has 0 aliphatic carbocycles. The van der Waals surface area contributed by atoms with E-state index < -0.39 is 0 Å².